The van der Waals surface area contributed by atoms with E-state index in [1.807, 2.05) is 54.6 Å². The number of para-hydroxylation sites is 1. The number of non-ortho nitro benzene ring substituents is 1. The van der Waals surface area contributed by atoms with Gasteiger partial charge in [0, 0.05) is 17.0 Å². The van der Waals surface area contributed by atoms with E-state index in [4.69, 9.17) is 4.74 Å². The molecule has 6 nitrogen and oxygen atoms in total. The first-order valence-electron chi connectivity index (χ1n) is 8.84. The lowest BCUT2D eigenvalue weighted by molar-refractivity contribution is -0.384. The molecule has 144 valence electrons. The molecule has 3 aromatic rings. The van der Waals surface area contributed by atoms with Crippen LogP contribution in [0.2, 0.25) is 0 Å². The SMILES string of the molecule is O=C1Nc2ccccc2S/C1=C\c1cccc(OCc2ccc([N+](=O)[O-])cc2)c1. The third-order valence-electron chi connectivity index (χ3n) is 4.29. The number of nitrogens with one attached hydrogen (secondary N) is 1. The van der Waals surface area contributed by atoms with Crippen molar-refractivity contribution in [2.75, 3.05) is 5.32 Å². The number of thioether (sulfide) groups is 1. The summed E-state index contributed by atoms with van der Waals surface area (Å²) in [6.07, 6.45) is 1.83. The molecule has 29 heavy (non-hydrogen) atoms. The molecule has 0 radical (unpaired) electrons. The Balaban J connectivity index is 1.47. The van der Waals surface area contributed by atoms with E-state index in [0.29, 0.717) is 17.3 Å². The van der Waals surface area contributed by atoms with Gasteiger partial charge in [-0.25, -0.2) is 0 Å². The van der Waals surface area contributed by atoms with Crippen molar-refractivity contribution in [3.8, 4) is 5.75 Å². The Morgan fingerprint density at radius 2 is 1.83 bits per heavy atom. The van der Waals surface area contributed by atoms with Gasteiger partial charge in [-0.3, -0.25) is 14.9 Å². The third-order valence-corrected chi connectivity index (χ3v) is 5.39. The number of rotatable bonds is 5. The molecule has 0 bridgehead atoms. The topological polar surface area (TPSA) is 81.5 Å². The number of fused-ring (bicyclic) bond motifs is 1. The average Bonchev–Trinajstić information content (AvgIpc) is 2.73. The van der Waals surface area contributed by atoms with Crippen molar-refractivity contribution in [2.45, 2.75) is 11.5 Å². The fourth-order valence-corrected chi connectivity index (χ4v) is 3.78. The number of amides is 1. The molecule has 4 rings (SSSR count). The highest BCUT2D eigenvalue weighted by Gasteiger charge is 2.20. The highest BCUT2D eigenvalue weighted by atomic mass is 32.2. The maximum Gasteiger partial charge on any atom is 0.269 e. The summed E-state index contributed by atoms with van der Waals surface area (Å²) in [5, 5.41) is 13.6. The van der Waals surface area contributed by atoms with E-state index >= 15 is 0 Å². The average molecular weight is 404 g/mol. The van der Waals surface area contributed by atoms with Gasteiger partial charge in [0.25, 0.3) is 11.6 Å². The standard InChI is InChI=1S/C22H16N2O4S/c25-22-21(29-20-7-2-1-6-19(20)23-22)13-16-4-3-5-18(12-16)28-14-15-8-10-17(11-9-15)24(26)27/h1-13H,14H2,(H,23,25)/b21-13-. The van der Waals surface area contributed by atoms with Crippen LogP contribution in [0.3, 0.4) is 0 Å². The van der Waals surface area contributed by atoms with Gasteiger partial charge in [-0.2, -0.15) is 0 Å². The first-order chi connectivity index (χ1) is 14.1. The van der Waals surface area contributed by atoms with E-state index in [1.165, 1.54) is 23.9 Å². The van der Waals surface area contributed by atoms with Crippen LogP contribution in [0.1, 0.15) is 11.1 Å². The summed E-state index contributed by atoms with van der Waals surface area (Å²) in [6.45, 7) is 0.292. The van der Waals surface area contributed by atoms with Crippen molar-refractivity contribution in [1.82, 2.24) is 0 Å². The predicted octanol–water partition coefficient (Wildman–Crippen LogP) is 5.26. The van der Waals surface area contributed by atoms with Gasteiger partial charge in [-0.15, -0.1) is 0 Å². The maximum absolute atomic E-state index is 12.4. The molecule has 0 atom stereocenters. The number of carbonyl (C=O) groups excluding carboxylic acids is 1. The predicted molar refractivity (Wildman–Crippen MR) is 113 cm³/mol. The van der Waals surface area contributed by atoms with Gasteiger partial charge >= 0.3 is 0 Å². The zero-order valence-corrected chi connectivity index (χ0v) is 16.0. The lowest BCUT2D eigenvalue weighted by Crippen LogP contribution is -2.17. The highest BCUT2D eigenvalue weighted by Crippen LogP contribution is 2.38. The van der Waals surface area contributed by atoms with Gasteiger partial charge in [-0.1, -0.05) is 36.0 Å². The first-order valence-corrected chi connectivity index (χ1v) is 9.66. The van der Waals surface area contributed by atoms with E-state index < -0.39 is 4.92 Å². The Morgan fingerprint density at radius 1 is 1.03 bits per heavy atom. The molecule has 1 amide bonds. The number of ether oxygens (including phenoxy) is 1. The number of carbonyl (C=O) groups is 1. The van der Waals surface area contributed by atoms with Crippen LogP contribution in [0.5, 0.6) is 5.75 Å². The Hall–Kier alpha value is -3.58. The molecule has 0 spiro atoms. The van der Waals surface area contributed by atoms with Crippen LogP contribution in [0, 0.1) is 10.1 Å². The van der Waals surface area contributed by atoms with Crippen LogP contribution in [-0.2, 0) is 11.4 Å². The largest absolute Gasteiger partial charge is 0.489 e. The lowest BCUT2D eigenvalue weighted by atomic mass is 10.2. The second kappa shape index (κ2) is 8.20. The lowest BCUT2D eigenvalue weighted by Gasteiger charge is -2.18. The highest BCUT2D eigenvalue weighted by molar-refractivity contribution is 8.04. The van der Waals surface area contributed by atoms with Crippen LogP contribution in [0.25, 0.3) is 6.08 Å². The van der Waals surface area contributed by atoms with Gasteiger partial charge in [-0.05, 0) is 53.6 Å². The van der Waals surface area contributed by atoms with E-state index in [9.17, 15) is 14.9 Å². The van der Waals surface area contributed by atoms with Crippen LogP contribution < -0.4 is 10.1 Å². The zero-order chi connectivity index (χ0) is 20.2. The van der Waals surface area contributed by atoms with Gasteiger partial charge < -0.3 is 10.1 Å². The molecule has 0 saturated heterocycles. The minimum Gasteiger partial charge on any atom is -0.489 e. The second-order valence-corrected chi connectivity index (χ2v) is 7.43. The van der Waals surface area contributed by atoms with Crippen molar-refractivity contribution in [2.24, 2.45) is 0 Å². The van der Waals surface area contributed by atoms with E-state index in [0.717, 1.165) is 21.7 Å². The molecule has 0 aliphatic carbocycles. The summed E-state index contributed by atoms with van der Waals surface area (Å²) in [4.78, 5) is 24.3. The van der Waals surface area contributed by atoms with Crippen molar-refractivity contribution in [1.29, 1.82) is 0 Å². The van der Waals surface area contributed by atoms with E-state index in [2.05, 4.69) is 5.32 Å². The molecule has 1 aliphatic rings. The molecular formula is C22H16N2O4S. The molecule has 0 fully saturated rings. The molecule has 7 heteroatoms. The summed E-state index contributed by atoms with van der Waals surface area (Å²) < 4.78 is 5.80. The molecule has 1 N–H and O–H groups in total. The van der Waals surface area contributed by atoms with Crippen molar-refractivity contribution in [3.05, 3.63) is 98.9 Å². The zero-order valence-electron chi connectivity index (χ0n) is 15.2. The number of nitro benzene ring substituents is 1. The Labute approximate surface area is 171 Å². The number of anilines is 1. The molecule has 0 unspecified atom stereocenters. The van der Waals surface area contributed by atoms with Gasteiger partial charge in [0.1, 0.15) is 12.4 Å². The van der Waals surface area contributed by atoms with E-state index in [-0.39, 0.29) is 11.6 Å². The van der Waals surface area contributed by atoms with Crippen LogP contribution in [0.15, 0.2) is 82.6 Å². The molecular weight excluding hydrogens is 388 g/mol. The number of hydrogen-bond acceptors (Lipinski definition) is 5. The number of nitro groups is 1. The first kappa shape index (κ1) is 18.8. The fraction of sp³-hybridized carbons (Fsp3) is 0.0455. The quantitative estimate of drug-likeness (QED) is 0.356. The summed E-state index contributed by atoms with van der Waals surface area (Å²) in [5.74, 6) is 0.519. The molecule has 3 aromatic carbocycles. The number of hydrogen-bond donors (Lipinski definition) is 1. The third kappa shape index (κ3) is 4.47. The maximum atomic E-state index is 12.4. The number of benzene rings is 3. The molecule has 1 aliphatic heterocycles. The second-order valence-electron chi connectivity index (χ2n) is 6.35. The Kier molecular flexibility index (Phi) is 5.31. The number of nitrogens with zero attached hydrogens (tertiary/aromatic N) is 1. The van der Waals surface area contributed by atoms with E-state index in [1.54, 1.807) is 12.1 Å². The summed E-state index contributed by atoms with van der Waals surface area (Å²) in [5.41, 5.74) is 2.55. The van der Waals surface area contributed by atoms with Crippen molar-refractivity contribution < 1.29 is 14.5 Å². The Bertz CT molecular complexity index is 1110. The smallest absolute Gasteiger partial charge is 0.269 e. The van der Waals surface area contributed by atoms with Crippen LogP contribution in [-0.4, -0.2) is 10.8 Å². The minimum absolute atomic E-state index is 0.0483. The normalized spacial score (nSPS) is 14.2. The molecule has 1 heterocycles. The van der Waals surface area contributed by atoms with Crippen molar-refractivity contribution >= 4 is 35.1 Å². The van der Waals surface area contributed by atoms with Crippen LogP contribution >= 0.6 is 11.8 Å². The van der Waals surface area contributed by atoms with Crippen LogP contribution in [0.4, 0.5) is 11.4 Å². The summed E-state index contributed by atoms with van der Waals surface area (Å²) in [7, 11) is 0. The van der Waals surface area contributed by atoms with Gasteiger partial charge in [0.2, 0.25) is 0 Å². The molecule has 0 aromatic heterocycles. The van der Waals surface area contributed by atoms with Gasteiger partial charge in [0.15, 0.2) is 0 Å². The van der Waals surface area contributed by atoms with Crippen molar-refractivity contribution in [3.63, 3.8) is 0 Å². The molecule has 0 saturated carbocycles. The summed E-state index contributed by atoms with van der Waals surface area (Å²) >= 11 is 1.43. The summed E-state index contributed by atoms with van der Waals surface area (Å²) in [6, 6.07) is 21.4. The fourth-order valence-electron chi connectivity index (χ4n) is 2.83. The van der Waals surface area contributed by atoms with Gasteiger partial charge in [0.05, 0.1) is 15.5 Å². The Morgan fingerprint density at radius 3 is 2.62 bits per heavy atom. The minimum atomic E-state index is -0.431. The monoisotopic (exact) mass is 404 g/mol.